The quantitative estimate of drug-likeness (QED) is 0.529. The molecule has 1 unspecified atom stereocenters. The molecule has 1 atom stereocenters. The highest BCUT2D eigenvalue weighted by Crippen LogP contribution is 2.01. The molecule has 6 nitrogen and oxygen atoms in total. The molecule has 6 heteroatoms. The smallest absolute Gasteiger partial charge is 0.199 e. The van der Waals surface area contributed by atoms with Gasteiger partial charge in [0.1, 0.15) is 6.33 Å². The van der Waals surface area contributed by atoms with E-state index in [4.69, 9.17) is 0 Å². The standard InChI is InChI=1S/C4H6N6/c1-2-6-4(5-1)10-3-7-8-9-10/h1,3-4,6H,2H2. The van der Waals surface area contributed by atoms with Gasteiger partial charge in [0.25, 0.3) is 0 Å². The molecule has 0 amide bonds. The van der Waals surface area contributed by atoms with Crippen molar-refractivity contribution >= 4 is 6.21 Å². The molecule has 0 radical (unpaired) electrons. The lowest BCUT2D eigenvalue weighted by Gasteiger charge is -2.04. The molecule has 2 rings (SSSR count). The normalized spacial score (nSPS) is 23.8. The molecule has 0 aliphatic carbocycles. The summed E-state index contributed by atoms with van der Waals surface area (Å²) in [5.41, 5.74) is 0. The Balaban J connectivity index is 2.20. The summed E-state index contributed by atoms with van der Waals surface area (Å²) in [7, 11) is 0. The second-order valence-corrected chi connectivity index (χ2v) is 1.90. The molecule has 52 valence electrons. The van der Waals surface area contributed by atoms with Crippen LogP contribution >= 0.6 is 0 Å². The van der Waals surface area contributed by atoms with E-state index in [1.54, 1.807) is 10.9 Å². The predicted octanol–water partition coefficient (Wildman–Crippen LogP) is -1.20. The van der Waals surface area contributed by atoms with Crippen molar-refractivity contribution in [3.63, 3.8) is 0 Å². The van der Waals surface area contributed by atoms with Crippen molar-refractivity contribution in [3.05, 3.63) is 6.33 Å². The maximum atomic E-state index is 4.06. The Kier molecular flexibility index (Phi) is 1.17. The van der Waals surface area contributed by atoms with Crippen molar-refractivity contribution in [2.24, 2.45) is 4.99 Å². The molecular weight excluding hydrogens is 132 g/mol. The number of nitrogens with zero attached hydrogens (tertiary/aromatic N) is 5. The van der Waals surface area contributed by atoms with Crippen molar-refractivity contribution in [3.8, 4) is 0 Å². The van der Waals surface area contributed by atoms with Gasteiger partial charge < -0.3 is 0 Å². The van der Waals surface area contributed by atoms with Crippen molar-refractivity contribution in [1.82, 2.24) is 25.5 Å². The summed E-state index contributed by atoms with van der Waals surface area (Å²) in [5.74, 6) is 0. The minimum absolute atomic E-state index is 0.102. The van der Waals surface area contributed by atoms with Crippen LogP contribution in [0.4, 0.5) is 0 Å². The predicted molar refractivity (Wildman–Crippen MR) is 33.3 cm³/mol. The number of hydrogen-bond donors (Lipinski definition) is 1. The monoisotopic (exact) mass is 138 g/mol. The molecule has 10 heavy (non-hydrogen) atoms. The number of rotatable bonds is 1. The lowest BCUT2D eigenvalue weighted by atomic mass is 10.7. The van der Waals surface area contributed by atoms with E-state index in [1.807, 2.05) is 0 Å². The van der Waals surface area contributed by atoms with Gasteiger partial charge in [-0.1, -0.05) is 0 Å². The Morgan fingerprint density at radius 3 is 3.20 bits per heavy atom. The summed E-state index contributed by atoms with van der Waals surface area (Å²) in [6.45, 7) is 0.782. The second kappa shape index (κ2) is 2.14. The van der Waals surface area contributed by atoms with Crippen LogP contribution in [0.25, 0.3) is 0 Å². The van der Waals surface area contributed by atoms with Gasteiger partial charge in [-0.25, -0.2) is 0 Å². The average Bonchev–Trinajstić information content (AvgIpc) is 2.59. The van der Waals surface area contributed by atoms with Crippen LogP contribution in [0.5, 0.6) is 0 Å². The Morgan fingerprint density at radius 2 is 2.60 bits per heavy atom. The Morgan fingerprint density at radius 1 is 1.60 bits per heavy atom. The van der Waals surface area contributed by atoms with E-state index < -0.39 is 0 Å². The molecule has 0 aromatic carbocycles. The molecule has 0 fully saturated rings. The van der Waals surface area contributed by atoms with E-state index in [0.29, 0.717) is 0 Å². The molecule has 0 saturated carbocycles. The third-order valence-electron chi connectivity index (χ3n) is 1.25. The summed E-state index contributed by atoms with van der Waals surface area (Å²) < 4.78 is 1.56. The third kappa shape index (κ3) is 0.781. The highest BCUT2D eigenvalue weighted by Gasteiger charge is 2.10. The summed E-state index contributed by atoms with van der Waals surface area (Å²) in [4.78, 5) is 4.06. The maximum Gasteiger partial charge on any atom is 0.199 e. The first-order chi connectivity index (χ1) is 4.97. The maximum absolute atomic E-state index is 4.06. The van der Waals surface area contributed by atoms with Crippen LogP contribution in [0.2, 0.25) is 0 Å². The van der Waals surface area contributed by atoms with Gasteiger partial charge in [0, 0.05) is 12.8 Å². The number of aliphatic imine (C=N–C) groups is 1. The zero-order valence-electron chi connectivity index (χ0n) is 5.18. The van der Waals surface area contributed by atoms with Crippen LogP contribution in [0.15, 0.2) is 11.3 Å². The second-order valence-electron chi connectivity index (χ2n) is 1.90. The first-order valence-electron chi connectivity index (χ1n) is 2.94. The van der Waals surface area contributed by atoms with Gasteiger partial charge in [0.15, 0.2) is 6.29 Å². The number of hydrogen-bond acceptors (Lipinski definition) is 5. The Bertz CT molecular complexity index is 226. The third-order valence-corrected chi connectivity index (χ3v) is 1.25. The summed E-state index contributed by atoms with van der Waals surface area (Å²) in [6, 6.07) is 0. The average molecular weight is 138 g/mol. The zero-order valence-corrected chi connectivity index (χ0v) is 5.18. The van der Waals surface area contributed by atoms with Gasteiger partial charge in [-0.15, -0.1) is 5.10 Å². The fourth-order valence-corrected chi connectivity index (χ4v) is 0.806. The minimum Gasteiger partial charge on any atom is -0.272 e. The summed E-state index contributed by atoms with van der Waals surface area (Å²) in [6.07, 6.45) is 3.22. The highest BCUT2D eigenvalue weighted by atomic mass is 15.6. The van der Waals surface area contributed by atoms with Crippen molar-refractivity contribution in [1.29, 1.82) is 0 Å². The fraction of sp³-hybridized carbons (Fsp3) is 0.500. The van der Waals surface area contributed by atoms with Crippen LogP contribution in [-0.2, 0) is 0 Å². The van der Waals surface area contributed by atoms with Crippen molar-refractivity contribution < 1.29 is 0 Å². The van der Waals surface area contributed by atoms with Gasteiger partial charge in [0.05, 0.1) is 0 Å². The van der Waals surface area contributed by atoms with Gasteiger partial charge in [-0.2, -0.15) is 4.68 Å². The molecular formula is C4H6N6. The molecule has 1 aliphatic heterocycles. The van der Waals surface area contributed by atoms with E-state index >= 15 is 0 Å². The van der Waals surface area contributed by atoms with Crippen molar-refractivity contribution in [2.45, 2.75) is 6.29 Å². The van der Waals surface area contributed by atoms with Crippen LogP contribution in [-0.4, -0.2) is 33.0 Å². The Labute approximate surface area is 56.9 Å². The van der Waals surface area contributed by atoms with Crippen LogP contribution in [0.1, 0.15) is 6.29 Å². The van der Waals surface area contributed by atoms with E-state index in [2.05, 4.69) is 25.8 Å². The lowest BCUT2D eigenvalue weighted by molar-refractivity contribution is 0.416. The van der Waals surface area contributed by atoms with E-state index in [1.165, 1.54) is 6.33 Å². The highest BCUT2D eigenvalue weighted by molar-refractivity contribution is 5.61. The van der Waals surface area contributed by atoms with Gasteiger partial charge in [-0.05, 0) is 10.4 Å². The van der Waals surface area contributed by atoms with E-state index in [0.717, 1.165) is 6.54 Å². The summed E-state index contributed by atoms with van der Waals surface area (Å²) in [5, 5.41) is 13.7. The zero-order chi connectivity index (χ0) is 6.81. The Hall–Kier alpha value is -1.30. The topological polar surface area (TPSA) is 68.0 Å². The fourth-order valence-electron chi connectivity index (χ4n) is 0.806. The van der Waals surface area contributed by atoms with Crippen molar-refractivity contribution in [2.75, 3.05) is 6.54 Å². The number of nitrogens with one attached hydrogen (secondary N) is 1. The van der Waals surface area contributed by atoms with E-state index in [-0.39, 0.29) is 6.29 Å². The van der Waals surface area contributed by atoms with Crippen LogP contribution in [0.3, 0.4) is 0 Å². The van der Waals surface area contributed by atoms with Gasteiger partial charge in [0.2, 0.25) is 0 Å². The van der Waals surface area contributed by atoms with Crippen LogP contribution < -0.4 is 5.32 Å². The minimum atomic E-state index is -0.102. The first-order valence-corrected chi connectivity index (χ1v) is 2.94. The van der Waals surface area contributed by atoms with Gasteiger partial charge in [-0.3, -0.25) is 10.3 Å². The molecule has 0 bridgehead atoms. The molecule has 0 spiro atoms. The SMILES string of the molecule is C1=NC(n2cnnn2)NC1. The molecule has 2 heterocycles. The van der Waals surface area contributed by atoms with E-state index in [9.17, 15) is 0 Å². The molecule has 1 aliphatic rings. The number of aromatic nitrogens is 4. The first kappa shape index (κ1) is 5.48. The molecule has 0 saturated heterocycles. The number of tetrazole rings is 1. The molecule has 1 aromatic heterocycles. The van der Waals surface area contributed by atoms with Gasteiger partial charge >= 0.3 is 0 Å². The summed E-state index contributed by atoms with van der Waals surface area (Å²) >= 11 is 0. The van der Waals surface area contributed by atoms with Crippen LogP contribution in [0, 0.1) is 0 Å². The molecule has 1 aromatic rings. The lowest BCUT2D eigenvalue weighted by Crippen LogP contribution is -2.21. The largest absolute Gasteiger partial charge is 0.272 e. The molecule has 1 N–H and O–H groups in total.